The maximum atomic E-state index is 12.8. The third-order valence-electron chi connectivity index (χ3n) is 6.58. The van der Waals surface area contributed by atoms with E-state index >= 15 is 0 Å². The summed E-state index contributed by atoms with van der Waals surface area (Å²) in [6.07, 6.45) is 0. The van der Waals surface area contributed by atoms with Gasteiger partial charge in [-0.25, -0.2) is 4.98 Å². The van der Waals surface area contributed by atoms with Crippen LogP contribution < -0.4 is 15.0 Å². The highest BCUT2D eigenvalue weighted by molar-refractivity contribution is 8.01. The second kappa shape index (κ2) is 12.4. The summed E-state index contributed by atoms with van der Waals surface area (Å²) in [5.41, 5.74) is 5.74. The number of piperazine rings is 1. The lowest BCUT2D eigenvalue weighted by Crippen LogP contribution is -2.48. The van der Waals surface area contributed by atoms with Gasteiger partial charge in [-0.05, 0) is 55.5 Å². The minimum absolute atomic E-state index is 0.0392. The van der Waals surface area contributed by atoms with Gasteiger partial charge in [0.05, 0.1) is 18.6 Å². The zero-order valence-electron chi connectivity index (χ0n) is 21.9. The van der Waals surface area contributed by atoms with Crippen LogP contribution in [0.1, 0.15) is 15.9 Å². The summed E-state index contributed by atoms with van der Waals surface area (Å²) in [4.78, 5) is 34.2. The molecule has 0 radical (unpaired) electrons. The first-order chi connectivity index (χ1) is 19.0. The molecule has 1 fully saturated rings. The van der Waals surface area contributed by atoms with E-state index in [4.69, 9.17) is 4.74 Å². The van der Waals surface area contributed by atoms with E-state index in [2.05, 4.69) is 46.4 Å². The fraction of sp³-hybridized carbons (Fsp3) is 0.233. The Kier molecular flexibility index (Phi) is 8.48. The number of aromatic nitrogens is 1. The molecular weight excluding hydrogens is 528 g/mol. The first kappa shape index (κ1) is 26.8. The smallest absolute Gasteiger partial charge is 0.253 e. The molecule has 1 saturated heterocycles. The zero-order chi connectivity index (χ0) is 27.2. The number of rotatable bonds is 8. The molecule has 0 saturated carbocycles. The molecule has 39 heavy (non-hydrogen) atoms. The van der Waals surface area contributed by atoms with E-state index in [0.29, 0.717) is 24.4 Å². The molecule has 1 aliphatic heterocycles. The van der Waals surface area contributed by atoms with E-state index < -0.39 is 0 Å². The number of amides is 2. The van der Waals surface area contributed by atoms with Gasteiger partial charge in [-0.1, -0.05) is 41.6 Å². The molecule has 0 bridgehead atoms. The lowest BCUT2D eigenvalue weighted by molar-refractivity contribution is -0.113. The molecule has 1 aromatic heterocycles. The minimum atomic E-state index is -0.0644. The Morgan fingerprint density at radius 1 is 0.949 bits per heavy atom. The van der Waals surface area contributed by atoms with Gasteiger partial charge < -0.3 is 19.9 Å². The van der Waals surface area contributed by atoms with Gasteiger partial charge in [0.2, 0.25) is 5.91 Å². The number of thiazole rings is 1. The second-order valence-corrected chi connectivity index (χ2v) is 11.3. The Morgan fingerprint density at radius 3 is 2.31 bits per heavy atom. The summed E-state index contributed by atoms with van der Waals surface area (Å²) in [6.45, 7) is 4.88. The summed E-state index contributed by atoms with van der Waals surface area (Å²) in [6, 6.07) is 23.4. The molecule has 2 amide bonds. The lowest BCUT2D eigenvalue weighted by atomic mass is 10.1. The molecule has 0 atom stereocenters. The molecular formula is C30H30N4O3S2. The Bertz CT molecular complexity index is 1410. The van der Waals surface area contributed by atoms with Crippen LogP contribution in [0.5, 0.6) is 5.75 Å². The highest BCUT2D eigenvalue weighted by atomic mass is 32.2. The Labute approximate surface area is 236 Å². The number of methoxy groups -OCH3 is 1. The van der Waals surface area contributed by atoms with E-state index in [-0.39, 0.29) is 11.8 Å². The Balaban J connectivity index is 1.08. The van der Waals surface area contributed by atoms with Crippen molar-refractivity contribution in [3.63, 3.8) is 0 Å². The number of hydrogen-bond acceptors (Lipinski definition) is 7. The molecule has 0 spiro atoms. The van der Waals surface area contributed by atoms with Crippen LogP contribution in [0.4, 0.5) is 11.4 Å². The fourth-order valence-corrected chi connectivity index (χ4v) is 5.98. The predicted octanol–water partition coefficient (Wildman–Crippen LogP) is 5.82. The molecule has 9 heteroatoms. The van der Waals surface area contributed by atoms with E-state index in [1.807, 2.05) is 46.7 Å². The van der Waals surface area contributed by atoms with E-state index in [9.17, 15) is 9.59 Å². The third kappa shape index (κ3) is 6.79. The van der Waals surface area contributed by atoms with Gasteiger partial charge in [-0.3, -0.25) is 9.59 Å². The third-order valence-corrected chi connectivity index (χ3v) is 8.60. The topological polar surface area (TPSA) is 74.8 Å². The summed E-state index contributed by atoms with van der Waals surface area (Å²) < 4.78 is 6.05. The summed E-state index contributed by atoms with van der Waals surface area (Å²) in [5, 5.41) is 5.00. The SMILES string of the molecule is COc1ccc(C(=O)N2CCN(c3ccc(NC(=O)CSc4nc(-c5ccc(C)cc5)cs4)cc3)CC2)cc1. The van der Waals surface area contributed by atoms with Gasteiger partial charge in [-0.15, -0.1) is 11.3 Å². The summed E-state index contributed by atoms with van der Waals surface area (Å²) in [7, 11) is 1.61. The van der Waals surface area contributed by atoms with Crippen molar-refractivity contribution < 1.29 is 14.3 Å². The van der Waals surface area contributed by atoms with Crippen LogP contribution in [0, 0.1) is 6.92 Å². The van der Waals surface area contributed by atoms with Gasteiger partial charge in [0, 0.05) is 54.1 Å². The average molecular weight is 559 g/mol. The van der Waals surface area contributed by atoms with Crippen molar-refractivity contribution in [1.82, 2.24) is 9.88 Å². The number of benzene rings is 3. The molecule has 1 aliphatic rings. The number of ether oxygens (including phenoxy) is 1. The van der Waals surface area contributed by atoms with Crippen LogP contribution in [0.3, 0.4) is 0 Å². The molecule has 200 valence electrons. The standard InChI is InChI=1S/C30H30N4O3S2/c1-21-3-5-22(6-4-21)27-19-38-30(32-27)39-20-28(35)31-24-9-11-25(12-10-24)33-15-17-34(18-16-33)29(36)23-7-13-26(37-2)14-8-23/h3-14,19H,15-18,20H2,1-2H3,(H,31,35). The predicted molar refractivity (Wildman–Crippen MR) is 159 cm³/mol. The average Bonchev–Trinajstić information content (AvgIpc) is 3.46. The van der Waals surface area contributed by atoms with Crippen molar-refractivity contribution >= 4 is 46.3 Å². The number of thioether (sulfide) groups is 1. The number of carbonyl (C=O) groups is 2. The number of nitrogens with one attached hydrogen (secondary N) is 1. The van der Waals surface area contributed by atoms with Crippen molar-refractivity contribution in [2.75, 3.05) is 49.3 Å². The molecule has 7 nitrogen and oxygen atoms in total. The zero-order valence-corrected chi connectivity index (χ0v) is 23.6. The molecule has 0 aliphatic carbocycles. The van der Waals surface area contributed by atoms with Gasteiger partial charge >= 0.3 is 0 Å². The molecule has 2 heterocycles. The van der Waals surface area contributed by atoms with E-state index in [1.165, 1.54) is 17.3 Å². The monoisotopic (exact) mass is 558 g/mol. The van der Waals surface area contributed by atoms with Crippen LogP contribution >= 0.6 is 23.1 Å². The maximum absolute atomic E-state index is 12.8. The number of nitrogens with zero attached hydrogens (tertiary/aromatic N) is 3. The van der Waals surface area contributed by atoms with Gasteiger partial charge in [0.15, 0.2) is 4.34 Å². The second-order valence-electron chi connectivity index (χ2n) is 9.26. The lowest BCUT2D eigenvalue weighted by Gasteiger charge is -2.36. The van der Waals surface area contributed by atoms with Gasteiger partial charge in [0.25, 0.3) is 5.91 Å². The fourth-order valence-electron chi connectivity index (χ4n) is 4.34. The molecule has 1 N–H and O–H groups in total. The maximum Gasteiger partial charge on any atom is 0.253 e. The van der Waals surface area contributed by atoms with E-state index in [0.717, 1.165) is 45.8 Å². The van der Waals surface area contributed by atoms with Crippen LogP contribution in [-0.2, 0) is 4.79 Å². The number of carbonyl (C=O) groups excluding carboxylic acids is 2. The molecule has 3 aromatic carbocycles. The largest absolute Gasteiger partial charge is 0.497 e. The number of anilines is 2. The van der Waals surface area contributed by atoms with Crippen molar-refractivity contribution in [3.8, 4) is 17.0 Å². The first-order valence-electron chi connectivity index (χ1n) is 12.7. The van der Waals surface area contributed by atoms with Gasteiger partial charge in [0.1, 0.15) is 5.75 Å². The van der Waals surface area contributed by atoms with Crippen molar-refractivity contribution in [2.24, 2.45) is 0 Å². The number of hydrogen-bond donors (Lipinski definition) is 1. The highest BCUT2D eigenvalue weighted by Crippen LogP contribution is 2.29. The summed E-state index contributed by atoms with van der Waals surface area (Å²) in [5.74, 6) is 1.01. The molecule has 5 rings (SSSR count). The molecule has 4 aromatic rings. The normalized spacial score (nSPS) is 13.3. The van der Waals surface area contributed by atoms with Crippen LogP contribution in [0.25, 0.3) is 11.3 Å². The Hall–Kier alpha value is -3.82. The van der Waals surface area contributed by atoms with Crippen LogP contribution in [-0.4, -0.2) is 60.7 Å². The van der Waals surface area contributed by atoms with Crippen molar-refractivity contribution in [2.45, 2.75) is 11.3 Å². The molecule has 0 unspecified atom stereocenters. The minimum Gasteiger partial charge on any atom is -0.497 e. The highest BCUT2D eigenvalue weighted by Gasteiger charge is 2.22. The van der Waals surface area contributed by atoms with Crippen LogP contribution in [0.2, 0.25) is 0 Å². The van der Waals surface area contributed by atoms with Crippen molar-refractivity contribution in [3.05, 3.63) is 89.3 Å². The summed E-state index contributed by atoms with van der Waals surface area (Å²) >= 11 is 3.00. The van der Waals surface area contributed by atoms with Crippen LogP contribution in [0.15, 0.2) is 82.5 Å². The van der Waals surface area contributed by atoms with Gasteiger partial charge in [-0.2, -0.15) is 0 Å². The number of aryl methyl sites for hydroxylation is 1. The van der Waals surface area contributed by atoms with Crippen molar-refractivity contribution in [1.29, 1.82) is 0 Å². The quantitative estimate of drug-likeness (QED) is 0.275. The first-order valence-corrected chi connectivity index (χ1v) is 14.6. The van der Waals surface area contributed by atoms with E-state index in [1.54, 1.807) is 30.6 Å². The Morgan fingerprint density at radius 2 is 1.64 bits per heavy atom.